The summed E-state index contributed by atoms with van der Waals surface area (Å²) >= 11 is 0. The van der Waals surface area contributed by atoms with Crippen LogP contribution in [0, 0.1) is 6.92 Å². The summed E-state index contributed by atoms with van der Waals surface area (Å²) in [4.78, 5) is 6.75. The Balaban J connectivity index is 1.97. The van der Waals surface area contributed by atoms with Crippen LogP contribution in [0.1, 0.15) is 30.0 Å². The summed E-state index contributed by atoms with van der Waals surface area (Å²) in [5.41, 5.74) is 3.34. The molecule has 0 unspecified atom stereocenters. The predicted octanol–water partition coefficient (Wildman–Crippen LogP) is 2.08. The van der Waals surface area contributed by atoms with Gasteiger partial charge >= 0.3 is 0 Å². The Labute approximate surface area is 101 Å². The lowest BCUT2D eigenvalue weighted by atomic mass is 9.92. The summed E-state index contributed by atoms with van der Waals surface area (Å²) in [5, 5.41) is 8.71. The van der Waals surface area contributed by atoms with E-state index in [1.807, 2.05) is 6.20 Å². The van der Waals surface area contributed by atoms with Crippen molar-refractivity contribution in [2.24, 2.45) is 0 Å². The van der Waals surface area contributed by atoms with Gasteiger partial charge in [-0.2, -0.15) is 5.10 Å². The Morgan fingerprint density at radius 1 is 1.35 bits per heavy atom. The van der Waals surface area contributed by atoms with Crippen molar-refractivity contribution in [2.75, 3.05) is 20.1 Å². The molecule has 1 saturated heterocycles. The van der Waals surface area contributed by atoms with Crippen LogP contribution in [0.3, 0.4) is 0 Å². The molecule has 0 saturated carbocycles. The normalized spacial score (nSPS) is 18.9. The van der Waals surface area contributed by atoms with Crippen molar-refractivity contribution in [2.45, 2.75) is 25.7 Å². The molecule has 1 aliphatic rings. The number of fused-ring (bicyclic) bond motifs is 1. The summed E-state index contributed by atoms with van der Waals surface area (Å²) in [6.07, 6.45) is 4.30. The molecule has 2 aromatic heterocycles. The van der Waals surface area contributed by atoms with Crippen molar-refractivity contribution in [3.05, 3.63) is 23.5 Å². The van der Waals surface area contributed by atoms with E-state index in [2.05, 4.69) is 40.1 Å². The number of pyridine rings is 1. The second kappa shape index (κ2) is 4.11. The third kappa shape index (κ3) is 1.93. The van der Waals surface area contributed by atoms with Gasteiger partial charge in [0, 0.05) is 23.2 Å². The van der Waals surface area contributed by atoms with Crippen molar-refractivity contribution in [3.8, 4) is 0 Å². The largest absolute Gasteiger partial charge is 0.306 e. The van der Waals surface area contributed by atoms with E-state index in [-0.39, 0.29) is 0 Å². The summed E-state index contributed by atoms with van der Waals surface area (Å²) in [6, 6.07) is 2.19. The maximum absolute atomic E-state index is 4.36. The molecule has 1 fully saturated rings. The lowest BCUT2D eigenvalue weighted by Crippen LogP contribution is -2.29. The van der Waals surface area contributed by atoms with Crippen LogP contribution < -0.4 is 0 Å². The molecule has 1 aliphatic heterocycles. The van der Waals surface area contributed by atoms with Gasteiger partial charge < -0.3 is 4.90 Å². The number of rotatable bonds is 1. The fourth-order valence-electron chi connectivity index (χ4n) is 2.63. The number of nitrogens with zero attached hydrogens (tertiary/aromatic N) is 3. The third-order valence-electron chi connectivity index (χ3n) is 3.70. The van der Waals surface area contributed by atoms with Gasteiger partial charge in [-0.3, -0.25) is 5.10 Å². The van der Waals surface area contributed by atoms with Gasteiger partial charge in [0.05, 0.1) is 0 Å². The molecular weight excluding hydrogens is 212 g/mol. The second-order valence-corrected chi connectivity index (χ2v) is 5.10. The number of likely N-dealkylation sites (tertiary alicyclic amines) is 1. The Morgan fingerprint density at radius 3 is 2.88 bits per heavy atom. The van der Waals surface area contributed by atoms with Gasteiger partial charge in [0.25, 0.3) is 0 Å². The molecule has 4 heteroatoms. The molecule has 3 heterocycles. The molecule has 3 rings (SSSR count). The van der Waals surface area contributed by atoms with Crippen molar-refractivity contribution < 1.29 is 0 Å². The highest BCUT2D eigenvalue weighted by Crippen LogP contribution is 2.30. The van der Waals surface area contributed by atoms with Gasteiger partial charge in [-0.25, -0.2) is 4.98 Å². The molecule has 0 atom stereocenters. The monoisotopic (exact) mass is 230 g/mol. The van der Waals surface area contributed by atoms with E-state index < -0.39 is 0 Å². The van der Waals surface area contributed by atoms with Crippen molar-refractivity contribution in [1.82, 2.24) is 20.1 Å². The molecule has 0 amide bonds. The minimum absolute atomic E-state index is 0.611. The van der Waals surface area contributed by atoms with E-state index in [9.17, 15) is 0 Å². The van der Waals surface area contributed by atoms with E-state index in [1.54, 1.807) is 0 Å². The number of aryl methyl sites for hydroxylation is 1. The zero-order valence-electron chi connectivity index (χ0n) is 10.4. The lowest BCUT2D eigenvalue weighted by molar-refractivity contribution is 0.254. The molecule has 0 bridgehead atoms. The Kier molecular flexibility index (Phi) is 2.59. The van der Waals surface area contributed by atoms with Crippen LogP contribution in [0.2, 0.25) is 0 Å². The Bertz CT molecular complexity index is 523. The first-order valence-corrected chi connectivity index (χ1v) is 6.23. The van der Waals surface area contributed by atoms with Crippen LogP contribution in [0.25, 0.3) is 11.0 Å². The van der Waals surface area contributed by atoms with Gasteiger partial charge in [-0.1, -0.05) is 0 Å². The third-order valence-corrected chi connectivity index (χ3v) is 3.70. The number of hydrogen-bond acceptors (Lipinski definition) is 3. The minimum atomic E-state index is 0.611. The highest BCUT2D eigenvalue weighted by atomic mass is 15.2. The highest BCUT2D eigenvalue weighted by Gasteiger charge is 2.22. The summed E-state index contributed by atoms with van der Waals surface area (Å²) < 4.78 is 0. The van der Waals surface area contributed by atoms with Gasteiger partial charge in [0.1, 0.15) is 0 Å². The van der Waals surface area contributed by atoms with Crippen LogP contribution in [0.5, 0.6) is 0 Å². The van der Waals surface area contributed by atoms with E-state index in [4.69, 9.17) is 0 Å². The fourth-order valence-corrected chi connectivity index (χ4v) is 2.63. The number of hydrogen-bond donors (Lipinski definition) is 1. The maximum Gasteiger partial charge on any atom is 0.181 e. The zero-order valence-corrected chi connectivity index (χ0v) is 10.4. The van der Waals surface area contributed by atoms with E-state index >= 15 is 0 Å². The minimum Gasteiger partial charge on any atom is -0.306 e. The number of aromatic nitrogens is 3. The molecule has 0 radical (unpaired) electrons. The lowest BCUT2D eigenvalue weighted by Gasteiger charge is -2.28. The molecule has 4 nitrogen and oxygen atoms in total. The second-order valence-electron chi connectivity index (χ2n) is 5.10. The quantitative estimate of drug-likeness (QED) is 0.815. The average molecular weight is 230 g/mol. The topological polar surface area (TPSA) is 44.8 Å². The van der Waals surface area contributed by atoms with E-state index in [0.29, 0.717) is 5.92 Å². The number of aromatic amines is 1. The van der Waals surface area contributed by atoms with Gasteiger partial charge in [-0.05, 0) is 51.5 Å². The number of H-pyrrole nitrogens is 1. The fraction of sp³-hybridized carbons (Fsp3) is 0.538. The molecule has 90 valence electrons. The zero-order chi connectivity index (χ0) is 11.8. The molecule has 17 heavy (non-hydrogen) atoms. The van der Waals surface area contributed by atoms with E-state index in [0.717, 1.165) is 5.65 Å². The van der Waals surface area contributed by atoms with Gasteiger partial charge in [0.2, 0.25) is 0 Å². The number of piperidine rings is 1. The summed E-state index contributed by atoms with van der Waals surface area (Å²) in [5.74, 6) is 0.611. The van der Waals surface area contributed by atoms with Crippen LogP contribution >= 0.6 is 0 Å². The van der Waals surface area contributed by atoms with Crippen LogP contribution in [0.4, 0.5) is 0 Å². The van der Waals surface area contributed by atoms with Gasteiger partial charge in [-0.15, -0.1) is 0 Å². The number of nitrogens with one attached hydrogen (secondary N) is 1. The maximum atomic E-state index is 4.36. The van der Waals surface area contributed by atoms with E-state index in [1.165, 1.54) is 42.6 Å². The van der Waals surface area contributed by atoms with Crippen molar-refractivity contribution in [3.63, 3.8) is 0 Å². The van der Waals surface area contributed by atoms with Crippen molar-refractivity contribution >= 4 is 11.0 Å². The predicted molar refractivity (Wildman–Crippen MR) is 68.1 cm³/mol. The summed E-state index contributed by atoms with van der Waals surface area (Å²) in [7, 11) is 2.19. The molecule has 0 aromatic carbocycles. The van der Waals surface area contributed by atoms with Crippen LogP contribution in [-0.4, -0.2) is 40.2 Å². The first-order valence-electron chi connectivity index (χ1n) is 6.23. The first-order chi connectivity index (χ1) is 8.24. The molecular formula is C13H18N4. The standard InChI is InChI=1S/C13H18N4/c1-9-7-11-12(15-16-13(11)14-8-9)10-3-5-17(2)6-4-10/h7-8,10H,3-6H2,1-2H3,(H,14,15,16). The smallest absolute Gasteiger partial charge is 0.181 e. The van der Waals surface area contributed by atoms with Gasteiger partial charge in [0.15, 0.2) is 5.65 Å². The summed E-state index contributed by atoms with van der Waals surface area (Å²) in [6.45, 7) is 4.42. The Hall–Kier alpha value is -1.42. The first kappa shape index (κ1) is 10.7. The van der Waals surface area contributed by atoms with Crippen LogP contribution in [0.15, 0.2) is 12.3 Å². The average Bonchev–Trinajstić information content (AvgIpc) is 2.73. The molecule has 0 aliphatic carbocycles. The van der Waals surface area contributed by atoms with Crippen LogP contribution in [-0.2, 0) is 0 Å². The van der Waals surface area contributed by atoms with Crippen molar-refractivity contribution in [1.29, 1.82) is 0 Å². The Morgan fingerprint density at radius 2 is 2.12 bits per heavy atom. The molecule has 1 N–H and O–H groups in total. The SMILES string of the molecule is Cc1cnc2n[nH]c(C3CCN(C)CC3)c2c1. The molecule has 0 spiro atoms. The molecule has 2 aromatic rings. The highest BCUT2D eigenvalue weighted by molar-refractivity contribution is 5.78.